The van der Waals surface area contributed by atoms with Crippen molar-refractivity contribution in [1.82, 2.24) is 0 Å². The van der Waals surface area contributed by atoms with Crippen molar-refractivity contribution in [2.75, 3.05) is 0 Å². The fourth-order valence-corrected chi connectivity index (χ4v) is 4.04. The number of hydrogen-bond donors (Lipinski definition) is 0. The highest BCUT2D eigenvalue weighted by molar-refractivity contribution is 7.97. The molecular weight excluding hydrogens is 368 g/mol. The van der Waals surface area contributed by atoms with Crippen LogP contribution in [0, 0.1) is 13.8 Å². The summed E-state index contributed by atoms with van der Waals surface area (Å²) in [5, 5.41) is 0. The Bertz CT molecular complexity index is 1010. The van der Waals surface area contributed by atoms with Crippen LogP contribution in [-0.2, 0) is 0 Å². The third-order valence-electron chi connectivity index (χ3n) is 4.89. The van der Waals surface area contributed by atoms with E-state index in [1.54, 1.807) is 0 Å². The third kappa shape index (κ3) is 2.70. The maximum Gasteiger partial charge on any atom is 0.343 e. The van der Waals surface area contributed by atoms with Crippen molar-refractivity contribution in [3.8, 4) is 11.5 Å². The summed E-state index contributed by atoms with van der Waals surface area (Å²) in [5.74, 6) is 0.169. The quantitative estimate of drug-likeness (QED) is 0.559. The molecule has 28 heavy (non-hydrogen) atoms. The zero-order valence-corrected chi connectivity index (χ0v) is 16.4. The second-order valence-corrected chi connectivity index (χ2v) is 7.49. The molecule has 5 rings (SSSR count). The van der Waals surface area contributed by atoms with Gasteiger partial charge in [-0.25, -0.2) is 0 Å². The van der Waals surface area contributed by atoms with Gasteiger partial charge in [-0.15, -0.1) is 0 Å². The number of para-hydroxylation sites is 2. The van der Waals surface area contributed by atoms with Gasteiger partial charge in [0, 0.05) is 11.1 Å². The van der Waals surface area contributed by atoms with E-state index in [9.17, 15) is 0 Å². The molecule has 0 radical (unpaired) electrons. The van der Waals surface area contributed by atoms with E-state index >= 15 is 0 Å². The van der Waals surface area contributed by atoms with Gasteiger partial charge in [-0.05, 0) is 26.0 Å². The van der Waals surface area contributed by atoms with Crippen molar-refractivity contribution in [2.45, 2.75) is 19.6 Å². The zero-order valence-electron chi connectivity index (χ0n) is 15.5. The Hall–Kier alpha value is -3.05. The van der Waals surface area contributed by atoms with Crippen LogP contribution in [0.1, 0.15) is 22.3 Å². The summed E-state index contributed by atoms with van der Waals surface area (Å²) in [6.07, 6.45) is 0. The van der Waals surface area contributed by atoms with Crippen molar-refractivity contribution >= 4 is 23.6 Å². The molecule has 2 aliphatic heterocycles. The van der Waals surface area contributed by atoms with Gasteiger partial charge in [-0.2, -0.15) is 8.80 Å². The molecule has 4 nitrogen and oxygen atoms in total. The van der Waals surface area contributed by atoms with Gasteiger partial charge in [0.2, 0.25) is 0 Å². The Morgan fingerprint density at radius 2 is 1.07 bits per heavy atom. The number of rotatable bonds is 2. The van der Waals surface area contributed by atoms with Crippen molar-refractivity contribution < 1.29 is 9.47 Å². The summed E-state index contributed by atoms with van der Waals surface area (Å²) in [6, 6.07) is 24.1. The minimum Gasteiger partial charge on any atom is -0.438 e. The maximum absolute atomic E-state index is 6.43. The monoisotopic (exact) mass is 386 g/mol. The Morgan fingerprint density at radius 1 is 0.643 bits per heavy atom. The van der Waals surface area contributed by atoms with Crippen LogP contribution >= 0.6 is 12.1 Å². The molecule has 0 aliphatic carbocycles. The Kier molecular flexibility index (Phi) is 3.98. The van der Waals surface area contributed by atoms with Gasteiger partial charge < -0.3 is 9.47 Å². The molecule has 0 aromatic heterocycles. The van der Waals surface area contributed by atoms with Crippen LogP contribution in [0.25, 0.3) is 0 Å². The number of aryl methyl sites for hydroxylation is 2. The Morgan fingerprint density at radius 3 is 1.50 bits per heavy atom. The fourth-order valence-electron chi connectivity index (χ4n) is 3.39. The fraction of sp³-hybridized carbons (Fsp3) is 0.130. The van der Waals surface area contributed by atoms with E-state index in [1.165, 1.54) is 11.1 Å². The minimum atomic E-state index is -1.21. The SMILES string of the molecule is Cc1ccc(C2=NSN=C(c3ccc(C)cc3)C23Oc2ccccc2O3)cc1. The van der Waals surface area contributed by atoms with E-state index in [-0.39, 0.29) is 0 Å². The Labute approximate surface area is 168 Å². The second kappa shape index (κ2) is 6.53. The molecule has 3 aromatic rings. The van der Waals surface area contributed by atoms with Gasteiger partial charge in [0.1, 0.15) is 23.6 Å². The number of nitrogens with zero attached hydrogens (tertiary/aromatic N) is 2. The van der Waals surface area contributed by atoms with Crippen molar-refractivity contribution in [3.05, 3.63) is 95.1 Å². The van der Waals surface area contributed by atoms with E-state index < -0.39 is 5.79 Å². The lowest BCUT2D eigenvalue weighted by Crippen LogP contribution is -2.55. The Balaban J connectivity index is 1.67. The van der Waals surface area contributed by atoms with E-state index in [0.29, 0.717) is 22.9 Å². The number of ether oxygens (including phenoxy) is 2. The summed E-state index contributed by atoms with van der Waals surface area (Å²) in [6.45, 7) is 4.13. The lowest BCUT2D eigenvalue weighted by Gasteiger charge is -2.32. The summed E-state index contributed by atoms with van der Waals surface area (Å²) in [5.41, 5.74) is 5.69. The summed E-state index contributed by atoms with van der Waals surface area (Å²) in [7, 11) is 0. The molecule has 1 spiro atoms. The second-order valence-electron chi connectivity index (χ2n) is 6.96. The summed E-state index contributed by atoms with van der Waals surface area (Å²) in [4.78, 5) is 0. The predicted octanol–water partition coefficient (Wildman–Crippen LogP) is 5.33. The number of benzene rings is 3. The van der Waals surface area contributed by atoms with Gasteiger partial charge in [-0.3, -0.25) is 0 Å². The van der Waals surface area contributed by atoms with Gasteiger partial charge in [-0.1, -0.05) is 71.8 Å². The van der Waals surface area contributed by atoms with Crippen LogP contribution in [0.4, 0.5) is 0 Å². The molecule has 0 N–H and O–H groups in total. The van der Waals surface area contributed by atoms with E-state index in [4.69, 9.17) is 9.47 Å². The molecule has 0 atom stereocenters. The highest BCUT2D eigenvalue weighted by atomic mass is 32.2. The molecule has 0 amide bonds. The number of hydrogen-bond acceptors (Lipinski definition) is 5. The van der Waals surface area contributed by atoms with E-state index in [2.05, 4.69) is 46.9 Å². The first kappa shape index (κ1) is 17.1. The molecule has 3 aromatic carbocycles. The van der Waals surface area contributed by atoms with E-state index in [1.807, 2.05) is 48.5 Å². The van der Waals surface area contributed by atoms with Gasteiger partial charge in [0.15, 0.2) is 11.5 Å². The molecule has 0 saturated heterocycles. The molecule has 0 saturated carbocycles. The molecule has 2 aliphatic rings. The average molecular weight is 386 g/mol. The van der Waals surface area contributed by atoms with Crippen molar-refractivity contribution in [3.63, 3.8) is 0 Å². The molecule has 5 heteroatoms. The van der Waals surface area contributed by atoms with Crippen LogP contribution in [-0.4, -0.2) is 17.2 Å². The maximum atomic E-state index is 6.43. The molecule has 138 valence electrons. The van der Waals surface area contributed by atoms with Gasteiger partial charge >= 0.3 is 5.79 Å². The smallest absolute Gasteiger partial charge is 0.343 e. The van der Waals surface area contributed by atoms with Crippen molar-refractivity contribution in [1.29, 1.82) is 0 Å². The molecular formula is C23H18N2O2S. The van der Waals surface area contributed by atoms with Crippen molar-refractivity contribution in [2.24, 2.45) is 8.80 Å². The molecule has 0 bridgehead atoms. The van der Waals surface area contributed by atoms with Crippen LogP contribution in [0.5, 0.6) is 11.5 Å². The van der Waals surface area contributed by atoms with Gasteiger partial charge in [0.05, 0.1) is 0 Å². The summed E-state index contributed by atoms with van der Waals surface area (Å²) < 4.78 is 22.1. The molecule has 0 unspecified atom stereocenters. The van der Waals surface area contributed by atoms with Crippen LogP contribution in [0.15, 0.2) is 81.6 Å². The first-order valence-electron chi connectivity index (χ1n) is 9.10. The first-order valence-corrected chi connectivity index (χ1v) is 9.83. The molecule has 2 heterocycles. The number of fused-ring (bicyclic) bond motifs is 1. The lowest BCUT2D eigenvalue weighted by molar-refractivity contribution is 0.0553. The largest absolute Gasteiger partial charge is 0.438 e. The zero-order chi connectivity index (χ0) is 19.1. The predicted molar refractivity (Wildman–Crippen MR) is 113 cm³/mol. The highest BCUT2D eigenvalue weighted by Gasteiger charge is 2.54. The minimum absolute atomic E-state index is 0.689. The lowest BCUT2D eigenvalue weighted by atomic mass is 9.92. The molecule has 0 fully saturated rings. The third-order valence-corrected chi connectivity index (χ3v) is 5.42. The van der Waals surface area contributed by atoms with Gasteiger partial charge in [0.25, 0.3) is 0 Å². The normalized spacial score (nSPS) is 16.6. The average Bonchev–Trinajstić information content (AvgIpc) is 3.09. The standard InChI is InChI=1S/C23H18N2O2S/c1-15-7-11-17(12-8-15)21-23(26-19-5-3-4-6-20(19)27-23)22(25-28-24-21)18-13-9-16(2)10-14-18/h3-14H,1-2H3. The summed E-state index contributed by atoms with van der Waals surface area (Å²) >= 11 is 1.16. The van der Waals surface area contributed by atoms with E-state index in [0.717, 1.165) is 23.3 Å². The van der Waals surface area contributed by atoms with Crippen LogP contribution in [0.2, 0.25) is 0 Å². The van der Waals surface area contributed by atoms with Crippen LogP contribution in [0.3, 0.4) is 0 Å². The highest BCUT2D eigenvalue weighted by Crippen LogP contribution is 2.44. The first-order chi connectivity index (χ1) is 13.7. The van der Waals surface area contributed by atoms with Crippen LogP contribution < -0.4 is 9.47 Å². The topological polar surface area (TPSA) is 43.2 Å².